The topological polar surface area (TPSA) is 82.0 Å². The number of rotatable bonds is 4. The number of alkyl halides is 1. The van der Waals surface area contributed by atoms with Crippen molar-refractivity contribution in [3.63, 3.8) is 0 Å². The molecule has 7 atom stereocenters. The van der Waals surface area contributed by atoms with Crippen LogP contribution in [0.25, 0.3) is 0 Å². The fourth-order valence-electron chi connectivity index (χ4n) is 7.36. The Balaban J connectivity index is 1.51. The van der Waals surface area contributed by atoms with Crippen molar-refractivity contribution in [1.82, 2.24) is 10.3 Å². The average molecular weight is 424 g/mol. The molecule has 3 fully saturated rings. The molecule has 2 N–H and O–H groups in total. The number of halogens is 1. The van der Waals surface area contributed by atoms with Gasteiger partial charge in [-0.05, 0) is 80.0 Å². The first-order valence-corrected chi connectivity index (χ1v) is 11.7. The van der Waals surface area contributed by atoms with E-state index >= 15 is 0 Å². The van der Waals surface area contributed by atoms with Crippen LogP contribution in [0, 0.1) is 33.5 Å². The summed E-state index contributed by atoms with van der Waals surface area (Å²) in [7, 11) is 0. The normalized spacial score (nSPS) is 43.4. The number of aliphatic hydroxyl groups excluding tert-OH is 1. The van der Waals surface area contributed by atoms with Gasteiger partial charge in [-0.25, -0.2) is 4.79 Å². The van der Waals surface area contributed by atoms with Crippen molar-refractivity contribution in [3.05, 3.63) is 16.6 Å². The number of urea groups is 1. The van der Waals surface area contributed by atoms with Gasteiger partial charge in [0.1, 0.15) is 0 Å². The van der Waals surface area contributed by atoms with Crippen molar-refractivity contribution in [2.24, 2.45) is 33.9 Å². The lowest BCUT2D eigenvalue weighted by Gasteiger charge is -2.58. The number of aliphatic hydroxyl groups is 1. The number of nitroso groups, excluding NO2 is 1. The van der Waals surface area contributed by atoms with Gasteiger partial charge in [0.25, 0.3) is 0 Å². The average Bonchev–Trinajstić information content (AvgIpc) is 3.03. The summed E-state index contributed by atoms with van der Waals surface area (Å²) in [5, 5.41) is 17.0. The SMILES string of the molecule is C[C@]12CC[C@H](O)CC1=CCC1C2CC[C@@]2(C)C1CC[C@@H]2NC(=O)N(CCCl)N=O. The number of allylic oxidation sites excluding steroid dienone is 1. The minimum atomic E-state index is -0.422. The summed E-state index contributed by atoms with van der Waals surface area (Å²) in [4.78, 5) is 23.5. The molecule has 2 amide bonds. The maximum absolute atomic E-state index is 12.5. The Morgan fingerprint density at radius 3 is 2.79 bits per heavy atom. The summed E-state index contributed by atoms with van der Waals surface area (Å²) in [5.74, 6) is 2.09. The van der Waals surface area contributed by atoms with E-state index in [1.807, 2.05) is 0 Å². The molecule has 0 bridgehead atoms. The minimum Gasteiger partial charge on any atom is -0.393 e. The van der Waals surface area contributed by atoms with Gasteiger partial charge in [-0.1, -0.05) is 25.5 Å². The van der Waals surface area contributed by atoms with Gasteiger partial charge in [-0.3, -0.25) is 0 Å². The fourth-order valence-corrected chi connectivity index (χ4v) is 7.52. The Morgan fingerprint density at radius 1 is 1.28 bits per heavy atom. The zero-order valence-corrected chi connectivity index (χ0v) is 18.3. The molecule has 4 aliphatic carbocycles. The van der Waals surface area contributed by atoms with Gasteiger partial charge in [0.15, 0.2) is 0 Å². The number of fused-ring (bicyclic) bond motifs is 5. The molecule has 0 aliphatic heterocycles. The minimum absolute atomic E-state index is 0.0578. The van der Waals surface area contributed by atoms with E-state index in [1.165, 1.54) is 12.0 Å². The highest BCUT2D eigenvalue weighted by Gasteiger charge is 2.58. The molecule has 4 aliphatic rings. The summed E-state index contributed by atoms with van der Waals surface area (Å²) in [6.07, 6.45) is 10.5. The zero-order chi connectivity index (χ0) is 20.8. The first-order valence-electron chi connectivity index (χ1n) is 11.2. The number of hydrogen-bond acceptors (Lipinski definition) is 4. The standard InChI is InChI=1S/C22H34ClN3O3/c1-21-9-7-15(27)13-14(21)3-4-16-17-5-6-19(22(17,2)10-8-18(16)21)24-20(28)26(25-29)12-11-23/h3,15-19,27H,4-13H2,1-2H3,(H,24,28)/t15-,16?,17?,18?,19-,21-,22-/m0/s1. The maximum Gasteiger partial charge on any atom is 0.340 e. The van der Waals surface area contributed by atoms with E-state index in [-0.39, 0.29) is 35.4 Å². The summed E-state index contributed by atoms with van der Waals surface area (Å²) in [6.45, 7) is 4.89. The Bertz CT molecular complexity index is 701. The second-order valence-electron chi connectivity index (χ2n) is 10.2. The Labute approximate surface area is 178 Å². The number of carbonyl (C=O) groups is 1. The molecule has 0 aromatic carbocycles. The number of amides is 2. The molecule has 6 nitrogen and oxygen atoms in total. The Morgan fingerprint density at radius 2 is 2.07 bits per heavy atom. The van der Waals surface area contributed by atoms with Crippen molar-refractivity contribution in [2.45, 2.75) is 77.4 Å². The van der Waals surface area contributed by atoms with Crippen molar-refractivity contribution in [2.75, 3.05) is 12.4 Å². The lowest BCUT2D eigenvalue weighted by molar-refractivity contribution is -0.0426. The third kappa shape index (κ3) is 3.40. The van der Waals surface area contributed by atoms with Crippen molar-refractivity contribution >= 4 is 17.6 Å². The summed E-state index contributed by atoms with van der Waals surface area (Å²) in [5.41, 5.74) is 1.77. The molecule has 0 aromatic rings. The van der Waals surface area contributed by atoms with E-state index in [0.29, 0.717) is 17.8 Å². The monoisotopic (exact) mass is 423 g/mol. The van der Waals surface area contributed by atoms with Gasteiger partial charge in [0, 0.05) is 11.9 Å². The predicted molar refractivity (Wildman–Crippen MR) is 113 cm³/mol. The van der Waals surface area contributed by atoms with Crippen LogP contribution in [0.1, 0.15) is 65.2 Å². The largest absolute Gasteiger partial charge is 0.393 e. The van der Waals surface area contributed by atoms with Gasteiger partial charge >= 0.3 is 6.03 Å². The first-order chi connectivity index (χ1) is 13.8. The molecule has 3 unspecified atom stereocenters. The third-order valence-corrected chi connectivity index (χ3v) is 9.17. The molecule has 29 heavy (non-hydrogen) atoms. The van der Waals surface area contributed by atoms with Crippen molar-refractivity contribution in [3.8, 4) is 0 Å². The Kier molecular flexibility index (Phi) is 5.71. The van der Waals surface area contributed by atoms with Crippen LogP contribution in [0.4, 0.5) is 4.79 Å². The summed E-state index contributed by atoms with van der Waals surface area (Å²) >= 11 is 5.69. The number of carbonyl (C=O) groups excluding carboxylic acids is 1. The van der Waals surface area contributed by atoms with E-state index < -0.39 is 6.03 Å². The molecular formula is C22H34ClN3O3. The summed E-state index contributed by atoms with van der Waals surface area (Å²) in [6, 6.07) is -0.347. The van der Waals surface area contributed by atoms with Crippen LogP contribution in [0.15, 0.2) is 16.9 Å². The fraction of sp³-hybridized carbons (Fsp3) is 0.864. The molecule has 7 heteroatoms. The van der Waals surface area contributed by atoms with Crippen molar-refractivity contribution < 1.29 is 9.90 Å². The molecular weight excluding hydrogens is 390 g/mol. The van der Waals surface area contributed by atoms with Crippen LogP contribution < -0.4 is 5.32 Å². The first kappa shape index (κ1) is 21.1. The van der Waals surface area contributed by atoms with Gasteiger partial charge in [-0.2, -0.15) is 5.01 Å². The third-order valence-electron chi connectivity index (χ3n) is 9.00. The molecule has 0 saturated heterocycles. The molecule has 0 radical (unpaired) electrons. The van der Waals surface area contributed by atoms with Gasteiger partial charge < -0.3 is 10.4 Å². The van der Waals surface area contributed by atoms with E-state index in [1.54, 1.807) is 0 Å². The highest BCUT2D eigenvalue weighted by molar-refractivity contribution is 6.18. The van der Waals surface area contributed by atoms with Crippen LogP contribution in [-0.2, 0) is 0 Å². The van der Waals surface area contributed by atoms with Crippen LogP contribution in [-0.4, -0.2) is 40.7 Å². The second-order valence-corrected chi connectivity index (χ2v) is 10.6. The lowest BCUT2D eigenvalue weighted by Crippen LogP contribution is -2.55. The van der Waals surface area contributed by atoms with Crippen LogP contribution >= 0.6 is 11.6 Å². The maximum atomic E-state index is 12.5. The number of hydrogen-bond donors (Lipinski definition) is 2. The van der Waals surface area contributed by atoms with Crippen LogP contribution in [0.5, 0.6) is 0 Å². The van der Waals surface area contributed by atoms with Gasteiger partial charge in [0.05, 0.1) is 17.9 Å². The number of nitrogens with zero attached hydrogens (tertiary/aromatic N) is 2. The molecule has 0 aromatic heterocycles. The van der Waals surface area contributed by atoms with E-state index in [9.17, 15) is 14.8 Å². The number of nitrogens with one attached hydrogen (secondary N) is 1. The molecule has 4 rings (SSSR count). The predicted octanol–water partition coefficient (Wildman–Crippen LogP) is 4.61. The molecule has 0 spiro atoms. The van der Waals surface area contributed by atoms with Gasteiger partial charge in [0.2, 0.25) is 0 Å². The highest BCUT2D eigenvalue weighted by atomic mass is 35.5. The summed E-state index contributed by atoms with van der Waals surface area (Å²) < 4.78 is 0. The highest BCUT2D eigenvalue weighted by Crippen LogP contribution is 2.64. The van der Waals surface area contributed by atoms with E-state index in [2.05, 4.69) is 30.5 Å². The van der Waals surface area contributed by atoms with Gasteiger partial charge in [-0.15, -0.1) is 16.5 Å². The molecule has 3 saturated carbocycles. The smallest absolute Gasteiger partial charge is 0.340 e. The van der Waals surface area contributed by atoms with Crippen molar-refractivity contribution in [1.29, 1.82) is 0 Å². The van der Waals surface area contributed by atoms with Crippen LogP contribution in [0.3, 0.4) is 0 Å². The quantitative estimate of drug-likeness (QED) is 0.300. The zero-order valence-electron chi connectivity index (χ0n) is 17.6. The van der Waals surface area contributed by atoms with E-state index in [4.69, 9.17) is 11.6 Å². The van der Waals surface area contributed by atoms with E-state index in [0.717, 1.165) is 50.0 Å². The Hall–Kier alpha value is -1.14. The molecule has 162 valence electrons. The molecule has 0 heterocycles. The lowest BCUT2D eigenvalue weighted by atomic mass is 9.48. The van der Waals surface area contributed by atoms with Crippen LogP contribution in [0.2, 0.25) is 0 Å². The second kappa shape index (κ2) is 7.84.